The minimum Gasteiger partial charge on any atom is -0.368 e. The summed E-state index contributed by atoms with van der Waals surface area (Å²) in [7, 11) is 0. The molecule has 0 fully saturated rings. The number of carbonyl (C=O) groups excluding carboxylic acids is 1. The largest absolute Gasteiger partial charge is 0.368 e. The van der Waals surface area contributed by atoms with E-state index in [4.69, 9.17) is 0 Å². The Morgan fingerprint density at radius 1 is 1.17 bits per heavy atom. The van der Waals surface area contributed by atoms with Gasteiger partial charge in [-0.05, 0) is 26.7 Å². The van der Waals surface area contributed by atoms with Gasteiger partial charge in [0.15, 0.2) is 0 Å². The summed E-state index contributed by atoms with van der Waals surface area (Å²) < 4.78 is 1.93. The molecule has 130 valence electrons. The molecule has 0 spiro atoms. The summed E-state index contributed by atoms with van der Waals surface area (Å²) in [5, 5.41) is 6.17. The molecule has 0 unspecified atom stereocenters. The van der Waals surface area contributed by atoms with Crippen LogP contribution in [0.25, 0.3) is 5.82 Å². The topological polar surface area (TPSA) is 84.7 Å². The van der Waals surface area contributed by atoms with Crippen LogP contribution < -0.4 is 10.6 Å². The Labute approximate surface area is 142 Å². The molecule has 2 heterocycles. The molecule has 2 rings (SSSR count). The maximum Gasteiger partial charge on any atom is 0.223 e. The van der Waals surface area contributed by atoms with E-state index in [9.17, 15) is 4.79 Å². The fourth-order valence-electron chi connectivity index (χ4n) is 2.49. The standard InChI is InChI=1S/C17H26N6O/c1-5-14(6-2)17(24)19-8-7-18-15-9-16(21-10-20-15)23-11-22-12(3)13(23)4/h9-11,14H,5-8H2,1-4H3,(H,19,24)(H,18,20,21). The number of aromatic nitrogens is 4. The molecule has 2 N–H and O–H groups in total. The lowest BCUT2D eigenvalue weighted by Gasteiger charge is -2.13. The van der Waals surface area contributed by atoms with E-state index in [2.05, 4.69) is 25.6 Å². The SMILES string of the molecule is CCC(CC)C(=O)NCCNc1cc(-n2cnc(C)c2C)ncn1. The van der Waals surface area contributed by atoms with Gasteiger partial charge in [-0.3, -0.25) is 9.36 Å². The molecule has 0 aliphatic rings. The summed E-state index contributed by atoms with van der Waals surface area (Å²) in [6.07, 6.45) is 5.02. The molecule has 7 heteroatoms. The predicted molar refractivity (Wildman–Crippen MR) is 94.2 cm³/mol. The second kappa shape index (κ2) is 8.42. The van der Waals surface area contributed by atoms with Crippen LogP contribution in [-0.2, 0) is 4.79 Å². The Morgan fingerprint density at radius 3 is 2.54 bits per heavy atom. The summed E-state index contributed by atoms with van der Waals surface area (Å²) in [5.74, 6) is 1.71. The number of nitrogens with one attached hydrogen (secondary N) is 2. The fourth-order valence-corrected chi connectivity index (χ4v) is 2.49. The molecule has 0 aliphatic heterocycles. The molecule has 2 aromatic rings. The highest BCUT2D eigenvalue weighted by Gasteiger charge is 2.12. The normalized spacial score (nSPS) is 10.9. The Bertz CT molecular complexity index is 677. The second-order valence-corrected chi connectivity index (χ2v) is 5.78. The fraction of sp³-hybridized carbons (Fsp3) is 0.529. The van der Waals surface area contributed by atoms with Gasteiger partial charge in [0.2, 0.25) is 5.91 Å². The van der Waals surface area contributed by atoms with Crippen molar-refractivity contribution in [3.05, 3.63) is 30.1 Å². The first kappa shape index (κ1) is 17.9. The van der Waals surface area contributed by atoms with Crippen molar-refractivity contribution in [2.75, 3.05) is 18.4 Å². The van der Waals surface area contributed by atoms with Crippen LogP contribution in [0.2, 0.25) is 0 Å². The molecular formula is C17H26N6O. The van der Waals surface area contributed by atoms with Gasteiger partial charge in [0.1, 0.15) is 24.3 Å². The van der Waals surface area contributed by atoms with Gasteiger partial charge in [-0.2, -0.15) is 0 Å². The average molecular weight is 330 g/mol. The molecule has 24 heavy (non-hydrogen) atoms. The Hall–Kier alpha value is -2.44. The van der Waals surface area contributed by atoms with Gasteiger partial charge in [0.05, 0.1) is 5.69 Å². The van der Waals surface area contributed by atoms with Crippen molar-refractivity contribution in [1.29, 1.82) is 0 Å². The van der Waals surface area contributed by atoms with Crippen molar-refractivity contribution in [2.45, 2.75) is 40.5 Å². The molecule has 0 bridgehead atoms. The highest BCUT2D eigenvalue weighted by Crippen LogP contribution is 2.13. The zero-order chi connectivity index (χ0) is 17.5. The molecule has 7 nitrogen and oxygen atoms in total. The molecule has 2 aromatic heterocycles. The van der Waals surface area contributed by atoms with Crippen LogP contribution in [0.3, 0.4) is 0 Å². The van der Waals surface area contributed by atoms with Crippen LogP contribution in [0.5, 0.6) is 0 Å². The Morgan fingerprint density at radius 2 is 1.92 bits per heavy atom. The van der Waals surface area contributed by atoms with E-state index < -0.39 is 0 Å². The molecule has 0 saturated heterocycles. The highest BCUT2D eigenvalue weighted by molar-refractivity contribution is 5.78. The van der Waals surface area contributed by atoms with Crippen LogP contribution in [0.15, 0.2) is 18.7 Å². The third-order valence-corrected chi connectivity index (χ3v) is 4.24. The van der Waals surface area contributed by atoms with Crippen LogP contribution in [-0.4, -0.2) is 38.5 Å². The number of amides is 1. The maximum absolute atomic E-state index is 11.9. The number of hydrogen-bond acceptors (Lipinski definition) is 5. The van der Waals surface area contributed by atoms with E-state index in [1.54, 1.807) is 6.33 Å². The lowest BCUT2D eigenvalue weighted by Crippen LogP contribution is -2.33. The Kier molecular flexibility index (Phi) is 6.28. The number of carbonyl (C=O) groups is 1. The minimum atomic E-state index is 0.100. The van der Waals surface area contributed by atoms with E-state index in [1.807, 2.05) is 38.3 Å². The zero-order valence-electron chi connectivity index (χ0n) is 14.8. The smallest absolute Gasteiger partial charge is 0.223 e. The van der Waals surface area contributed by atoms with Gasteiger partial charge >= 0.3 is 0 Å². The minimum absolute atomic E-state index is 0.100. The van der Waals surface area contributed by atoms with Crippen LogP contribution in [0, 0.1) is 19.8 Å². The maximum atomic E-state index is 11.9. The van der Waals surface area contributed by atoms with E-state index in [0.29, 0.717) is 13.1 Å². The third-order valence-electron chi connectivity index (χ3n) is 4.24. The van der Waals surface area contributed by atoms with Gasteiger partial charge in [-0.15, -0.1) is 0 Å². The molecule has 1 amide bonds. The zero-order valence-corrected chi connectivity index (χ0v) is 14.8. The average Bonchev–Trinajstić information content (AvgIpc) is 2.92. The lowest BCUT2D eigenvalue weighted by atomic mass is 10.0. The number of rotatable bonds is 8. The summed E-state index contributed by atoms with van der Waals surface area (Å²) in [6, 6.07) is 1.87. The van der Waals surface area contributed by atoms with Gasteiger partial charge in [0, 0.05) is 30.8 Å². The van der Waals surface area contributed by atoms with E-state index in [-0.39, 0.29) is 11.8 Å². The van der Waals surface area contributed by atoms with Crippen molar-refractivity contribution >= 4 is 11.7 Å². The van der Waals surface area contributed by atoms with Crippen LogP contribution in [0.4, 0.5) is 5.82 Å². The summed E-state index contributed by atoms with van der Waals surface area (Å²) in [6.45, 7) is 9.23. The lowest BCUT2D eigenvalue weighted by molar-refractivity contribution is -0.125. The molecular weight excluding hydrogens is 304 g/mol. The first-order valence-corrected chi connectivity index (χ1v) is 8.41. The number of imidazole rings is 1. The molecule has 0 radical (unpaired) electrons. The first-order chi connectivity index (χ1) is 11.6. The molecule has 0 atom stereocenters. The number of anilines is 1. The summed E-state index contributed by atoms with van der Waals surface area (Å²) in [5.41, 5.74) is 2.03. The van der Waals surface area contributed by atoms with Crippen LogP contribution >= 0.6 is 0 Å². The number of aryl methyl sites for hydroxylation is 1. The third kappa shape index (κ3) is 4.31. The van der Waals surface area contributed by atoms with Gasteiger partial charge < -0.3 is 10.6 Å². The quantitative estimate of drug-likeness (QED) is 0.725. The first-order valence-electron chi connectivity index (χ1n) is 8.41. The van der Waals surface area contributed by atoms with Crippen LogP contribution in [0.1, 0.15) is 38.1 Å². The predicted octanol–water partition coefficient (Wildman–Crippen LogP) is 2.24. The monoisotopic (exact) mass is 330 g/mol. The van der Waals surface area contributed by atoms with Crippen molar-refractivity contribution in [1.82, 2.24) is 24.8 Å². The molecule has 0 saturated carbocycles. The molecule has 0 aromatic carbocycles. The summed E-state index contributed by atoms with van der Waals surface area (Å²) >= 11 is 0. The van der Waals surface area contributed by atoms with E-state index >= 15 is 0 Å². The van der Waals surface area contributed by atoms with E-state index in [0.717, 1.165) is 35.9 Å². The van der Waals surface area contributed by atoms with Crippen molar-refractivity contribution < 1.29 is 4.79 Å². The summed E-state index contributed by atoms with van der Waals surface area (Å²) in [4.78, 5) is 24.7. The Balaban J connectivity index is 1.89. The second-order valence-electron chi connectivity index (χ2n) is 5.78. The van der Waals surface area contributed by atoms with Gasteiger partial charge in [-0.1, -0.05) is 13.8 Å². The van der Waals surface area contributed by atoms with Gasteiger partial charge in [-0.25, -0.2) is 15.0 Å². The van der Waals surface area contributed by atoms with Gasteiger partial charge in [0.25, 0.3) is 0 Å². The number of hydrogen-bond donors (Lipinski definition) is 2. The van der Waals surface area contributed by atoms with Crippen molar-refractivity contribution in [3.63, 3.8) is 0 Å². The molecule has 0 aliphatic carbocycles. The van der Waals surface area contributed by atoms with E-state index in [1.165, 1.54) is 6.33 Å². The van der Waals surface area contributed by atoms with Crippen molar-refractivity contribution in [3.8, 4) is 5.82 Å². The van der Waals surface area contributed by atoms with Crippen molar-refractivity contribution in [2.24, 2.45) is 5.92 Å². The highest BCUT2D eigenvalue weighted by atomic mass is 16.1. The number of nitrogens with zero attached hydrogens (tertiary/aromatic N) is 4.